The summed E-state index contributed by atoms with van der Waals surface area (Å²) in [7, 11) is 1.73. The zero-order valence-corrected chi connectivity index (χ0v) is 13.6. The van der Waals surface area contributed by atoms with Crippen molar-refractivity contribution >= 4 is 11.3 Å². The highest BCUT2D eigenvalue weighted by atomic mass is 32.1. The van der Waals surface area contributed by atoms with Gasteiger partial charge in [-0.05, 0) is 55.0 Å². The van der Waals surface area contributed by atoms with Crippen LogP contribution in [0.15, 0.2) is 29.6 Å². The number of thiophene rings is 1. The van der Waals surface area contributed by atoms with Crippen LogP contribution in [0.1, 0.15) is 47.4 Å². The highest BCUT2D eigenvalue weighted by Gasteiger charge is 2.18. The quantitative estimate of drug-likeness (QED) is 0.887. The van der Waals surface area contributed by atoms with Crippen molar-refractivity contribution in [3.8, 4) is 5.75 Å². The molecular weight excluding hydrogens is 278 g/mol. The second-order valence-electron chi connectivity index (χ2n) is 5.61. The molecule has 3 rings (SSSR count). The summed E-state index contributed by atoms with van der Waals surface area (Å²) >= 11 is 1.77. The fraction of sp³-hybridized carbons (Fsp3) is 0.444. The monoisotopic (exact) mass is 301 g/mol. The van der Waals surface area contributed by atoms with Crippen LogP contribution in [0.4, 0.5) is 0 Å². The zero-order chi connectivity index (χ0) is 14.7. The Morgan fingerprint density at radius 3 is 2.71 bits per heavy atom. The number of rotatable bonds is 5. The summed E-state index contributed by atoms with van der Waals surface area (Å²) in [5.41, 5.74) is 4.47. The molecule has 1 unspecified atom stereocenters. The van der Waals surface area contributed by atoms with Crippen molar-refractivity contribution < 1.29 is 4.74 Å². The molecule has 0 radical (unpaired) electrons. The van der Waals surface area contributed by atoms with Gasteiger partial charge in [0.2, 0.25) is 0 Å². The van der Waals surface area contributed by atoms with Crippen LogP contribution in [0.5, 0.6) is 5.75 Å². The highest BCUT2D eigenvalue weighted by molar-refractivity contribution is 7.10. The molecule has 0 amide bonds. The van der Waals surface area contributed by atoms with Gasteiger partial charge in [0.15, 0.2) is 0 Å². The molecule has 0 aliphatic heterocycles. The maximum absolute atomic E-state index is 5.33. The number of benzene rings is 1. The maximum atomic E-state index is 5.33. The van der Waals surface area contributed by atoms with E-state index in [4.69, 9.17) is 4.74 Å². The van der Waals surface area contributed by atoms with Crippen molar-refractivity contribution in [2.75, 3.05) is 13.7 Å². The van der Waals surface area contributed by atoms with Crippen LogP contribution in [0.25, 0.3) is 0 Å². The van der Waals surface area contributed by atoms with Gasteiger partial charge in [0.25, 0.3) is 0 Å². The molecule has 1 aromatic carbocycles. The van der Waals surface area contributed by atoms with Gasteiger partial charge in [-0.2, -0.15) is 0 Å². The van der Waals surface area contributed by atoms with E-state index in [2.05, 4.69) is 41.9 Å². The summed E-state index contributed by atoms with van der Waals surface area (Å²) in [6.07, 6.45) is 5.14. The summed E-state index contributed by atoms with van der Waals surface area (Å²) in [6, 6.07) is 9.46. The summed E-state index contributed by atoms with van der Waals surface area (Å²) < 4.78 is 5.33. The molecule has 1 aromatic heterocycles. The number of ether oxygens (including phenoxy) is 1. The smallest absolute Gasteiger partial charge is 0.129 e. The average Bonchev–Trinajstić information content (AvgIpc) is 3.01. The Morgan fingerprint density at radius 2 is 2.00 bits per heavy atom. The molecule has 1 N–H and O–H groups in total. The maximum Gasteiger partial charge on any atom is 0.129 e. The van der Waals surface area contributed by atoms with E-state index in [0.29, 0.717) is 0 Å². The van der Waals surface area contributed by atoms with Crippen LogP contribution in [0.2, 0.25) is 0 Å². The normalized spacial score (nSPS) is 15.5. The second-order valence-corrected chi connectivity index (χ2v) is 6.56. The number of hydrogen-bond donors (Lipinski definition) is 1. The van der Waals surface area contributed by atoms with E-state index >= 15 is 0 Å². The molecular formula is C18H23NOS. The van der Waals surface area contributed by atoms with Crippen LogP contribution in [-0.4, -0.2) is 13.7 Å². The number of aryl methyl sites for hydroxylation is 2. The molecule has 21 heavy (non-hydrogen) atoms. The zero-order valence-electron chi connectivity index (χ0n) is 12.8. The molecule has 0 fully saturated rings. The van der Waals surface area contributed by atoms with Gasteiger partial charge in [0.05, 0.1) is 13.2 Å². The third kappa shape index (κ3) is 3.14. The Labute approximate surface area is 131 Å². The molecule has 0 bridgehead atoms. The van der Waals surface area contributed by atoms with Gasteiger partial charge in [-0.25, -0.2) is 0 Å². The first-order valence-electron chi connectivity index (χ1n) is 7.79. The predicted octanol–water partition coefficient (Wildman–Crippen LogP) is 4.33. The Balaban J connectivity index is 1.93. The highest BCUT2D eigenvalue weighted by Crippen LogP contribution is 2.33. The minimum Gasteiger partial charge on any atom is -0.496 e. The lowest BCUT2D eigenvalue weighted by Gasteiger charge is -2.21. The lowest BCUT2D eigenvalue weighted by molar-refractivity contribution is 0.416. The molecule has 1 aliphatic rings. The predicted molar refractivity (Wildman–Crippen MR) is 89.5 cm³/mol. The van der Waals surface area contributed by atoms with E-state index in [9.17, 15) is 0 Å². The molecule has 0 saturated carbocycles. The number of fused-ring (bicyclic) bond motifs is 1. The van der Waals surface area contributed by atoms with Crippen molar-refractivity contribution in [2.24, 2.45) is 0 Å². The average molecular weight is 301 g/mol. The summed E-state index contributed by atoms with van der Waals surface area (Å²) in [6.45, 7) is 3.12. The standard InChI is InChI=1S/C18H23NOS/c1-3-19-18(17-11-16(20-2)12-21-17)15-9-8-13-6-4-5-7-14(13)10-15/h8-12,18-19H,3-7H2,1-2H3. The summed E-state index contributed by atoms with van der Waals surface area (Å²) in [5, 5.41) is 5.70. The van der Waals surface area contributed by atoms with E-state index in [1.54, 1.807) is 29.6 Å². The van der Waals surface area contributed by atoms with E-state index in [-0.39, 0.29) is 6.04 Å². The molecule has 1 atom stereocenters. The number of hydrogen-bond acceptors (Lipinski definition) is 3. The molecule has 1 heterocycles. The van der Waals surface area contributed by atoms with Gasteiger partial charge in [0.1, 0.15) is 5.75 Å². The van der Waals surface area contributed by atoms with E-state index < -0.39 is 0 Å². The van der Waals surface area contributed by atoms with Gasteiger partial charge in [0, 0.05) is 10.3 Å². The third-order valence-corrected chi connectivity index (χ3v) is 5.21. The molecule has 2 aromatic rings. The molecule has 0 saturated heterocycles. The van der Waals surface area contributed by atoms with Crippen LogP contribution >= 0.6 is 11.3 Å². The van der Waals surface area contributed by atoms with E-state index in [1.807, 2.05) is 0 Å². The van der Waals surface area contributed by atoms with Gasteiger partial charge in [-0.15, -0.1) is 11.3 Å². The molecule has 112 valence electrons. The largest absolute Gasteiger partial charge is 0.496 e. The first-order chi connectivity index (χ1) is 10.3. The molecule has 0 spiro atoms. The van der Waals surface area contributed by atoms with Gasteiger partial charge in [-0.1, -0.05) is 25.1 Å². The lowest BCUT2D eigenvalue weighted by Crippen LogP contribution is -2.21. The molecule has 3 heteroatoms. The lowest BCUT2D eigenvalue weighted by atomic mass is 9.89. The minimum atomic E-state index is 0.274. The first-order valence-corrected chi connectivity index (χ1v) is 8.67. The topological polar surface area (TPSA) is 21.3 Å². The summed E-state index contributed by atoms with van der Waals surface area (Å²) in [5.74, 6) is 0.955. The van der Waals surface area contributed by atoms with Crippen LogP contribution in [0.3, 0.4) is 0 Å². The van der Waals surface area contributed by atoms with Crippen LogP contribution in [-0.2, 0) is 12.8 Å². The van der Waals surface area contributed by atoms with Crippen molar-refractivity contribution in [3.63, 3.8) is 0 Å². The van der Waals surface area contributed by atoms with Crippen LogP contribution in [0, 0.1) is 0 Å². The van der Waals surface area contributed by atoms with Gasteiger partial charge in [-0.3, -0.25) is 0 Å². The molecule has 2 nitrogen and oxygen atoms in total. The van der Waals surface area contributed by atoms with Crippen molar-refractivity contribution in [1.29, 1.82) is 0 Å². The Morgan fingerprint density at radius 1 is 1.19 bits per heavy atom. The fourth-order valence-corrected chi connectivity index (χ4v) is 4.07. The summed E-state index contributed by atoms with van der Waals surface area (Å²) in [4.78, 5) is 1.32. The minimum absolute atomic E-state index is 0.274. The van der Waals surface area contributed by atoms with Crippen LogP contribution < -0.4 is 10.1 Å². The first kappa shape index (κ1) is 14.6. The Hall–Kier alpha value is -1.32. The second kappa shape index (κ2) is 6.63. The third-order valence-electron chi connectivity index (χ3n) is 4.23. The molecule has 1 aliphatic carbocycles. The SMILES string of the molecule is CCNC(c1ccc2c(c1)CCCC2)c1cc(OC)cs1. The van der Waals surface area contributed by atoms with Crippen molar-refractivity contribution in [3.05, 3.63) is 51.2 Å². The van der Waals surface area contributed by atoms with Crippen molar-refractivity contribution in [1.82, 2.24) is 5.32 Å². The number of nitrogens with one attached hydrogen (secondary N) is 1. The number of methoxy groups -OCH3 is 1. The van der Waals surface area contributed by atoms with Gasteiger partial charge < -0.3 is 10.1 Å². The van der Waals surface area contributed by atoms with Crippen molar-refractivity contribution in [2.45, 2.75) is 38.6 Å². The Bertz CT molecular complexity index is 605. The van der Waals surface area contributed by atoms with E-state index in [0.717, 1.165) is 12.3 Å². The Kier molecular flexibility index (Phi) is 4.61. The van der Waals surface area contributed by atoms with E-state index in [1.165, 1.54) is 36.1 Å². The fourth-order valence-electron chi connectivity index (χ4n) is 3.11. The van der Waals surface area contributed by atoms with Gasteiger partial charge >= 0.3 is 0 Å².